The number of anilines is 1. The maximum absolute atomic E-state index is 12.3. The molecule has 2 fully saturated rings. The predicted molar refractivity (Wildman–Crippen MR) is 116 cm³/mol. The molecule has 15 heteroatoms. The molecule has 4 atom stereocenters. The van der Waals surface area contributed by atoms with E-state index in [0.29, 0.717) is 23.0 Å². The van der Waals surface area contributed by atoms with Gasteiger partial charge in [0.25, 0.3) is 0 Å². The van der Waals surface area contributed by atoms with Gasteiger partial charge in [-0.1, -0.05) is 29.2 Å². The zero-order chi connectivity index (χ0) is 24.7. The van der Waals surface area contributed by atoms with Crippen molar-refractivity contribution in [3.63, 3.8) is 0 Å². The molecule has 1 aromatic carbocycles. The molecule has 2 aromatic heterocycles. The van der Waals surface area contributed by atoms with Gasteiger partial charge in [0.2, 0.25) is 11.7 Å². The molecular weight excluding hydrogens is 482 g/mol. The topological polar surface area (TPSA) is 212 Å². The normalized spacial score (nSPS) is 25.3. The second-order valence-electron chi connectivity index (χ2n) is 8.28. The van der Waals surface area contributed by atoms with Crippen LogP contribution < -0.4 is 24.8 Å². The summed E-state index contributed by atoms with van der Waals surface area (Å²) in [5.41, 5.74) is 0.612. The Labute approximate surface area is 199 Å². The Morgan fingerprint density at radius 3 is 2.77 bits per heavy atom. The molecule has 5 rings (SSSR count). The number of ether oxygens (including phenoxy) is 1. The summed E-state index contributed by atoms with van der Waals surface area (Å²) in [7, 11) is -4.52. The summed E-state index contributed by atoms with van der Waals surface area (Å²) in [6, 6.07) is 5.45. The lowest BCUT2D eigenvalue weighted by atomic mass is 10.1. The van der Waals surface area contributed by atoms with Gasteiger partial charge in [-0.05, 0) is 18.4 Å². The summed E-state index contributed by atoms with van der Waals surface area (Å²) < 4.78 is 36.8. The molecule has 0 amide bonds. The number of aliphatic hydroxyl groups is 2. The Morgan fingerprint density at radius 1 is 1.26 bits per heavy atom. The minimum absolute atomic E-state index is 0.344. The smallest absolute Gasteiger partial charge is 0.319 e. The van der Waals surface area contributed by atoms with Crippen molar-refractivity contribution in [2.75, 3.05) is 11.9 Å². The number of fused-ring (bicyclic) bond motifs is 1. The Bertz CT molecular complexity index is 1380. The van der Waals surface area contributed by atoms with Gasteiger partial charge >= 0.3 is 15.9 Å². The molecule has 1 aliphatic carbocycles. The molecule has 1 saturated carbocycles. The standard InChI is InChI=1S/C20H23N7O7S/c28-12-4-2-1-3-11(12)19(31)26-35(32,33)24-7-13-15(29)16(30)20(34-13)27-9-23-14-17(25-10-5-6-10)21-8-22-18(14)27/h1-4,8-10,13,15-16,20,24,29-30H,5-7H2,(H3,21,22,25,26,28,31)/p-1/t13-,15-,16-,20-/m1/s1. The maximum Gasteiger partial charge on any atom is 0.319 e. The van der Waals surface area contributed by atoms with E-state index >= 15 is 0 Å². The highest BCUT2D eigenvalue weighted by Gasteiger charge is 2.46. The lowest BCUT2D eigenvalue weighted by Crippen LogP contribution is -2.45. The highest BCUT2D eigenvalue weighted by Crippen LogP contribution is 2.29. The van der Waals surface area contributed by atoms with Crippen molar-refractivity contribution in [2.24, 2.45) is 4.40 Å². The third kappa shape index (κ3) is 4.76. The molecule has 0 bridgehead atoms. The van der Waals surface area contributed by atoms with E-state index in [4.69, 9.17) is 4.74 Å². The minimum atomic E-state index is -4.52. The van der Waals surface area contributed by atoms with Crippen molar-refractivity contribution in [3.8, 4) is 5.75 Å². The molecule has 5 N–H and O–H groups in total. The Hall–Kier alpha value is -3.37. The van der Waals surface area contributed by atoms with Crippen molar-refractivity contribution < 1.29 is 38.1 Å². The number of para-hydroxylation sites is 1. The monoisotopic (exact) mass is 504 g/mol. The molecule has 0 unspecified atom stereocenters. The maximum atomic E-state index is 12.3. The van der Waals surface area contributed by atoms with E-state index in [1.165, 1.54) is 35.4 Å². The number of H-pyrrole nitrogens is 1. The first-order valence-corrected chi connectivity index (χ1v) is 12.2. The average molecular weight is 505 g/mol. The summed E-state index contributed by atoms with van der Waals surface area (Å²) >= 11 is 0. The third-order valence-corrected chi connectivity index (χ3v) is 6.67. The molecule has 1 saturated heterocycles. The number of hydrogen-bond acceptors (Lipinski definition) is 10. The fourth-order valence-electron chi connectivity index (χ4n) is 3.77. The Kier molecular flexibility index (Phi) is 6.02. The van der Waals surface area contributed by atoms with Crippen LogP contribution in [0.2, 0.25) is 0 Å². The molecule has 0 radical (unpaired) electrons. The first kappa shape index (κ1) is 23.4. The fraction of sp³-hybridized carbons (Fsp3) is 0.400. The predicted octanol–water partition coefficient (Wildman–Crippen LogP) is -2.85. The van der Waals surface area contributed by atoms with Gasteiger partial charge in [-0.2, -0.15) is 22.5 Å². The second kappa shape index (κ2) is 9.01. The van der Waals surface area contributed by atoms with Crippen LogP contribution in [0.3, 0.4) is 0 Å². The van der Waals surface area contributed by atoms with Crippen LogP contribution in [0.15, 0.2) is 41.3 Å². The number of hydrogen-bond donors (Lipinski definition) is 5. The van der Waals surface area contributed by atoms with Crippen LogP contribution in [0.4, 0.5) is 5.82 Å². The third-order valence-electron chi connectivity index (χ3n) is 5.74. The number of aromatic nitrogens is 4. The Balaban J connectivity index is 1.30. The van der Waals surface area contributed by atoms with Gasteiger partial charge in [0.05, 0.1) is 0 Å². The van der Waals surface area contributed by atoms with E-state index < -0.39 is 58.5 Å². The number of imidazole rings is 1. The number of aliphatic hydroxyl groups excluding tert-OH is 2. The van der Waals surface area contributed by atoms with Crippen LogP contribution in [0.1, 0.15) is 24.6 Å². The lowest BCUT2D eigenvalue weighted by molar-refractivity contribution is -0.745. The molecule has 186 valence electrons. The van der Waals surface area contributed by atoms with Crippen LogP contribution in [0, 0.1) is 0 Å². The zero-order valence-corrected chi connectivity index (χ0v) is 18.9. The summed E-state index contributed by atoms with van der Waals surface area (Å²) in [6.45, 7) is -0.487. The van der Waals surface area contributed by atoms with Crippen molar-refractivity contribution >= 4 is 33.1 Å². The molecule has 2 aliphatic rings. The highest BCUT2D eigenvalue weighted by molar-refractivity contribution is 7.88. The van der Waals surface area contributed by atoms with Crippen LogP contribution >= 0.6 is 0 Å². The number of nitrogens with one attached hydrogen (secondary N) is 3. The first-order valence-electron chi connectivity index (χ1n) is 10.8. The largest absolute Gasteiger partial charge is 0.872 e. The SMILES string of the molecule is O=S(=O)(N=C([O-])c1ccccc1[O-])NC[C@H]1O[C@@H]([n+]2c[nH]c3c(NC4CC4)ncnc32)[C@H](O)[C@@H]1O. The van der Waals surface area contributed by atoms with Crippen molar-refractivity contribution in [1.29, 1.82) is 0 Å². The highest BCUT2D eigenvalue weighted by atomic mass is 32.2. The Morgan fingerprint density at radius 2 is 2.03 bits per heavy atom. The number of nitrogens with zero attached hydrogens (tertiary/aromatic N) is 4. The van der Waals surface area contributed by atoms with Crippen LogP contribution in [-0.4, -0.2) is 70.4 Å². The molecule has 35 heavy (non-hydrogen) atoms. The van der Waals surface area contributed by atoms with E-state index in [-0.39, 0.29) is 0 Å². The number of benzene rings is 1. The van der Waals surface area contributed by atoms with Crippen LogP contribution in [0.5, 0.6) is 5.75 Å². The summed E-state index contributed by atoms with van der Waals surface area (Å²) in [5.74, 6) is -1.29. The molecule has 1 aliphatic heterocycles. The van der Waals surface area contributed by atoms with Crippen molar-refractivity contribution in [1.82, 2.24) is 19.7 Å². The van der Waals surface area contributed by atoms with E-state index in [9.17, 15) is 28.8 Å². The summed E-state index contributed by atoms with van der Waals surface area (Å²) in [4.78, 5) is 11.5. The first-order chi connectivity index (χ1) is 16.7. The fourth-order valence-corrected chi connectivity index (χ4v) is 4.53. The van der Waals surface area contributed by atoms with Gasteiger partial charge < -0.3 is 30.5 Å². The van der Waals surface area contributed by atoms with Gasteiger partial charge in [-0.3, -0.25) is 4.98 Å². The van der Waals surface area contributed by atoms with E-state index in [1.54, 1.807) is 0 Å². The minimum Gasteiger partial charge on any atom is -0.872 e. The zero-order valence-electron chi connectivity index (χ0n) is 18.1. The lowest BCUT2D eigenvalue weighted by Gasteiger charge is -2.18. The number of rotatable bonds is 8. The van der Waals surface area contributed by atoms with Crippen LogP contribution in [-0.2, 0) is 14.9 Å². The summed E-state index contributed by atoms with van der Waals surface area (Å²) in [6.07, 6.45) is -0.145. The average Bonchev–Trinajstić information content (AvgIpc) is 3.46. The van der Waals surface area contributed by atoms with E-state index in [2.05, 4.69) is 24.7 Å². The van der Waals surface area contributed by atoms with Gasteiger partial charge in [0.15, 0.2) is 18.5 Å². The van der Waals surface area contributed by atoms with Crippen molar-refractivity contribution in [3.05, 3.63) is 42.5 Å². The van der Waals surface area contributed by atoms with E-state index in [1.807, 2.05) is 4.72 Å². The van der Waals surface area contributed by atoms with E-state index in [0.717, 1.165) is 18.9 Å². The van der Waals surface area contributed by atoms with Crippen molar-refractivity contribution in [2.45, 2.75) is 43.4 Å². The van der Waals surface area contributed by atoms with Gasteiger partial charge in [-0.25, -0.2) is 4.57 Å². The summed E-state index contributed by atoms with van der Waals surface area (Å²) in [5, 5.41) is 48.1. The van der Waals surface area contributed by atoms with Gasteiger partial charge in [0, 0.05) is 18.5 Å². The molecular formula is C20H22N7O7S-. The van der Waals surface area contributed by atoms with Gasteiger partial charge in [0.1, 0.15) is 18.3 Å². The number of aromatic amines is 1. The molecule has 3 heterocycles. The van der Waals surface area contributed by atoms with Gasteiger partial charge in [-0.15, -0.1) is 5.75 Å². The van der Waals surface area contributed by atoms with Crippen LogP contribution in [0.25, 0.3) is 11.2 Å². The molecule has 14 nitrogen and oxygen atoms in total. The quantitative estimate of drug-likeness (QED) is 0.120. The second-order valence-corrected chi connectivity index (χ2v) is 9.70. The molecule has 0 spiro atoms. The molecule has 3 aromatic rings.